The maximum Gasteiger partial charge on any atom is 0.292 e. The van der Waals surface area contributed by atoms with Gasteiger partial charge in [0.2, 0.25) is 0 Å². The first kappa shape index (κ1) is 17.8. The molecule has 2 aromatic rings. The highest BCUT2D eigenvalue weighted by atomic mass is 16.6. The zero-order valence-corrected chi connectivity index (χ0v) is 14.2. The molecule has 2 aromatic carbocycles. The van der Waals surface area contributed by atoms with Crippen LogP contribution in [0.3, 0.4) is 0 Å². The van der Waals surface area contributed by atoms with Crippen molar-refractivity contribution < 1.29 is 9.85 Å². The monoisotopic (exact) mass is 356 g/mol. The Morgan fingerprint density at radius 2 is 1.50 bits per heavy atom. The van der Waals surface area contributed by atoms with E-state index in [2.05, 4.69) is 10.2 Å². The van der Waals surface area contributed by atoms with Gasteiger partial charge in [0.15, 0.2) is 0 Å². The molecule has 136 valence electrons. The molecule has 0 bridgehead atoms. The fraction of sp³-hybridized carbons (Fsp3) is 0.333. The Morgan fingerprint density at radius 3 is 2.15 bits per heavy atom. The summed E-state index contributed by atoms with van der Waals surface area (Å²) in [5.41, 5.74) is 1.47. The van der Waals surface area contributed by atoms with E-state index in [1.165, 1.54) is 12.1 Å². The van der Waals surface area contributed by atoms with Gasteiger partial charge in [-0.3, -0.25) is 25.1 Å². The minimum atomic E-state index is -0.383. The van der Waals surface area contributed by atoms with Crippen LogP contribution >= 0.6 is 0 Å². The third kappa shape index (κ3) is 4.15. The minimum Gasteiger partial charge on any atom is -0.377 e. The fourth-order valence-corrected chi connectivity index (χ4v) is 3.27. The third-order valence-corrected chi connectivity index (χ3v) is 4.63. The Morgan fingerprint density at radius 1 is 0.923 bits per heavy atom. The van der Waals surface area contributed by atoms with Crippen LogP contribution in [0.25, 0.3) is 0 Å². The second-order valence-electron chi connectivity index (χ2n) is 6.35. The molecular formula is C18H20N4O4. The van der Waals surface area contributed by atoms with Crippen molar-refractivity contribution in [2.75, 3.05) is 18.4 Å². The molecule has 0 atom stereocenters. The Labute approximate surface area is 150 Å². The summed E-state index contributed by atoms with van der Waals surface area (Å²) in [6.07, 6.45) is 1.65. The number of nitrogens with one attached hydrogen (secondary N) is 1. The summed E-state index contributed by atoms with van der Waals surface area (Å²) in [6.45, 7) is 2.10. The van der Waals surface area contributed by atoms with Gasteiger partial charge >= 0.3 is 0 Å². The predicted octanol–water partition coefficient (Wildman–Crippen LogP) is 3.58. The molecular weight excluding hydrogens is 336 g/mol. The van der Waals surface area contributed by atoms with Crippen molar-refractivity contribution in [2.24, 2.45) is 0 Å². The molecule has 0 aromatic heterocycles. The molecule has 1 saturated heterocycles. The molecule has 26 heavy (non-hydrogen) atoms. The summed E-state index contributed by atoms with van der Waals surface area (Å²) < 4.78 is 0. The second-order valence-corrected chi connectivity index (χ2v) is 6.35. The van der Waals surface area contributed by atoms with Crippen LogP contribution in [0.4, 0.5) is 17.1 Å². The zero-order chi connectivity index (χ0) is 18.5. The lowest BCUT2D eigenvalue weighted by Crippen LogP contribution is -2.38. The van der Waals surface area contributed by atoms with Crippen molar-refractivity contribution in [3.63, 3.8) is 0 Å². The highest BCUT2D eigenvalue weighted by molar-refractivity contribution is 5.61. The van der Waals surface area contributed by atoms with E-state index >= 15 is 0 Å². The van der Waals surface area contributed by atoms with Crippen LogP contribution in [0.5, 0.6) is 0 Å². The van der Waals surface area contributed by atoms with Crippen molar-refractivity contribution in [2.45, 2.75) is 25.4 Å². The van der Waals surface area contributed by atoms with Crippen LogP contribution in [-0.2, 0) is 6.54 Å². The molecule has 0 unspecified atom stereocenters. The number of benzene rings is 2. The number of para-hydroxylation sites is 3. The smallest absolute Gasteiger partial charge is 0.292 e. The van der Waals surface area contributed by atoms with E-state index in [0.29, 0.717) is 17.8 Å². The summed E-state index contributed by atoms with van der Waals surface area (Å²) in [5, 5.41) is 25.5. The van der Waals surface area contributed by atoms with E-state index in [4.69, 9.17) is 0 Å². The van der Waals surface area contributed by atoms with E-state index < -0.39 is 0 Å². The molecule has 8 heteroatoms. The van der Waals surface area contributed by atoms with Crippen molar-refractivity contribution in [3.05, 3.63) is 74.3 Å². The number of hydrogen-bond donors (Lipinski definition) is 1. The van der Waals surface area contributed by atoms with Crippen LogP contribution < -0.4 is 5.32 Å². The van der Waals surface area contributed by atoms with Gasteiger partial charge in [-0.15, -0.1) is 0 Å². The Hall–Kier alpha value is -3.00. The average molecular weight is 356 g/mol. The largest absolute Gasteiger partial charge is 0.377 e. The minimum absolute atomic E-state index is 0.0786. The van der Waals surface area contributed by atoms with Gasteiger partial charge in [0.25, 0.3) is 11.4 Å². The Bertz CT molecular complexity index is 736. The molecule has 0 radical (unpaired) electrons. The van der Waals surface area contributed by atoms with Gasteiger partial charge in [0.1, 0.15) is 5.69 Å². The van der Waals surface area contributed by atoms with Gasteiger partial charge in [-0.05, 0) is 18.9 Å². The number of rotatable bonds is 6. The molecule has 1 heterocycles. The van der Waals surface area contributed by atoms with Crippen LogP contribution in [-0.4, -0.2) is 33.9 Å². The summed E-state index contributed by atoms with van der Waals surface area (Å²) in [4.78, 5) is 23.7. The van der Waals surface area contributed by atoms with E-state index in [1.807, 2.05) is 6.07 Å². The summed E-state index contributed by atoms with van der Waals surface area (Å²) in [7, 11) is 0. The second kappa shape index (κ2) is 7.92. The number of anilines is 1. The van der Waals surface area contributed by atoms with E-state index in [9.17, 15) is 20.2 Å². The van der Waals surface area contributed by atoms with E-state index in [-0.39, 0.29) is 27.3 Å². The molecule has 0 aliphatic carbocycles. The molecule has 1 aliphatic rings. The molecule has 1 N–H and O–H groups in total. The Kier molecular flexibility index (Phi) is 5.43. The summed E-state index contributed by atoms with van der Waals surface area (Å²) in [6, 6.07) is 13.6. The molecule has 3 rings (SSSR count). The maximum atomic E-state index is 11.1. The van der Waals surface area contributed by atoms with Crippen LogP contribution in [0.2, 0.25) is 0 Å². The van der Waals surface area contributed by atoms with Crippen LogP contribution in [0, 0.1) is 20.2 Å². The van der Waals surface area contributed by atoms with E-state index in [0.717, 1.165) is 25.9 Å². The summed E-state index contributed by atoms with van der Waals surface area (Å²) >= 11 is 0. The molecule has 1 fully saturated rings. The van der Waals surface area contributed by atoms with Gasteiger partial charge < -0.3 is 5.32 Å². The van der Waals surface area contributed by atoms with Crippen molar-refractivity contribution >= 4 is 17.1 Å². The van der Waals surface area contributed by atoms with E-state index in [1.54, 1.807) is 30.3 Å². The first-order chi connectivity index (χ1) is 12.5. The number of likely N-dealkylation sites (tertiary alicyclic amines) is 1. The number of hydrogen-bond acceptors (Lipinski definition) is 6. The SMILES string of the molecule is O=[N+]([O-])c1ccccc1CN1CCC(Nc2ccccc2[N+](=O)[O-])CC1. The zero-order valence-electron chi connectivity index (χ0n) is 14.2. The topological polar surface area (TPSA) is 102 Å². The quantitative estimate of drug-likeness (QED) is 0.627. The van der Waals surface area contributed by atoms with Crippen molar-refractivity contribution in [3.8, 4) is 0 Å². The standard InChI is InChI=1S/C18H20N4O4/c23-21(24)17-7-3-1-5-14(17)13-20-11-9-15(10-12-20)19-16-6-2-4-8-18(16)22(25)26/h1-8,15,19H,9-13H2. The van der Waals surface area contributed by atoms with Crippen molar-refractivity contribution in [1.29, 1.82) is 0 Å². The van der Waals surface area contributed by atoms with Crippen LogP contribution in [0.1, 0.15) is 18.4 Å². The van der Waals surface area contributed by atoms with Gasteiger partial charge in [-0.2, -0.15) is 0 Å². The maximum absolute atomic E-state index is 11.1. The average Bonchev–Trinajstić information content (AvgIpc) is 2.64. The lowest BCUT2D eigenvalue weighted by Gasteiger charge is -2.32. The fourth-order valence-electron chi connectivity index (χ4n) is 3.27. The van der Waals surface area contributed by atoms with Crippen molar-refractivity contribution in [1.82, 2.24) is 4.90 Å². The lowest BCUT2D eigenvalue weighted by atomic mass is 10.0. The highest BCUT2D eigenvalue weighted by Crippen LogP contribution is 2.27. The molecule has 0 saturated carbocycles. The van der Waals surface area contributed by atoms with Crippen LogP contribution in [0.15, 0.2) is 48.5 Å². The lowest BCUT2D eigenvalue weighted by molar-refractivity contribution is -0.385. The molecule has 0 amide bonds. The normalized spacial score (nSPS) is 15.5. The van der Waals surface area contributed by atoms with Gasteiger partial charge in [-0.25, -0.2) is 0 Å². The molecule has 8 nitrogen and oxygen atoms in total. The number of nitro benzene ring substituents is 2. The molecule has 1 aliphatic heterocycles. The Balaban J connectivity index is 1.59. The van der Waals surface area contributed by atoms with Gasteiger partial charge in [-0.1, -0.05) is 30.3 Å². The first-order valence-corrected chi connectivity index (χ1v) is 8.49. The third-order valence-electron chi connectivity index (χ3n) is 4.63. The van der Waals surface area contributed by atoms with Gasteiger partial charge in [0.05, 0.1) is 9.85 Å². The highest BCUT2D eigenvalue weighted by Gasteiger charge is 2.23. The molecule has 0 spiro atoms. The number of piperidine rings is 1. The summed E-state index contributed by atoms with van der Waals surface area (Å²) in [5.74, 6) is 0. The number of nitrogens with zero attached hydrogens (tertiary/aromatic N) is 3. The number of nitro groups is 2. The first-order valence-electron chi connectivity index (χ1n) is 8.49. The predicted molar refractivity (Wildman–Crippen MR) is 98.1 cm³/mol. The van der Waals surface area contributed by atoms with Gasteiger partial charge in [0, 0.05) is 43.4 Å².